The van der Waals surface area contributed by atoms with Crippen LogP contribution < -0.4 is 0 Å². The van der Waals surface area contributed by atoms with E-state index in [2.05, 4.69) is 13.8 Å². The highest BCUT2D eigenvalue weighted by molar-refractivity contribution is 8.69. The third-order valence-electron chi connectivity index (χ3n) is 1.26. The van der Waals surface area contributed by atoms with Gasteiger partial charge in [-0.15, -0.1) is 0 Å². The van der Waals surface area contributed by atoms with Crippen molar-refractivity contribution in [2.45, 2.75) is 19.5 Å². The van der Waals surface area contributed by atoms with Gasteiger partial charge in [0.2, 0.25) is 0 Å². The first kappa shape index (κ1) is 8.06. The minimum atomic E-state index is -1.39. The summed E-state index contributed by atoms with van der Waals surface area (Å²) < 4.78 is 5.49. The third kappa shape index (κ3) is 1.70. The molecule has 1 saturated heterocycles. The molecule has 1 nitrogen and oxygen atoms in total. The molecule has 9 heavy (non-hydrogen) atoms. The second-order valence-corrected chi connectivity index (χ2v) is 10.1. The second-order valence-electron chi connectivity index (χ2n) is 2.30. The fraction of sp³-hybridized carbons (Fsp3) is 1.00. The predicted molar refractivity (Wildman–Crippen MR) is 47.8 cm³/mol. The zero-order valence-electron chi connectivity index (χ0n) is 5.66. The van der Waals surface area contributed by atoms with Crippen molar-refractivity contribution in [3.63, 3.8) is 0 Å². The van der Waals surface area contributed by atoms with Crippen LogP contribution in [0.15, 0.2) is 0 Å². The highest BCUT2D eigenvalue weighted by atomic mass is 32.9. The standard InChI is InChI=1S/C5H11OPS2/c1-5(2)7(8)6-3-4-9-7/h5H,3-4H2,1-2H3. The highest BCUT2D eigenvalue weighted by Gasteiger charge is 2.27. The van der Waals surface area contributed by atoms with Crippen molar-refractivity contribution in [2.24, 2.45) is 0 Å². The van der Waals surface area contributed by atoms with E-state index in [-0.39, 0.29) is 0 Å². The van der Waals surface area contributed by atoms with Crippen LogP contribution in [0.2, 0.25) is 0 Å². The first-order valence-electron chi connectivity index (χ1n) is 3.04. The van der Waals surface area contributed by atoms with Gasteiger partial charge >= 0.3 is 0 Å². The molecule has 4 heteroatoms. The number of hydrogen-bond acceptors (Lipinski definition) is 3. The minimum Gasteiger partial charge on any atom is -0.340 e. The molecule has 1 unspecified atom stereocenters. The van der Waals surface area contributed by atoms with E-state index in [0.717, 1.165) is 12.4 Å². The van der Waals surface area contributed by atoms with E-state index in [1.807, 2.05) is 11.4 Å². The van der Waals surface area contributed by atoms with Crippen molar-refractivity contribution >= 4 is 28.7 Å². The summed E-state index contributed by atoms with van der Waals surface area (Å²) in [5.74, 6) is 1.11. The molecule has 0 bridgehead atoms. The maximum atomic E-state index is 5.49. The summed E-state index contributed by atoms with van der Waals surface area (Å²) in [7, 11) is 0. The van der Waals surface area contributed by atoms with Crippen molar-refractivity contribution in [1.29, 1.82) is 0 Å². The Hall–Kier alpha value is 0.960. The molecule has 0 N–H and O–H groups in total. The molecule has 0 saturated carbocycles. The predicted octanol–water partition coefficient (Wildman–Crippen LogP) is 2.47. The maximum Gasteiger partial charge on any atom is 0.122 e. The normalized spacial score (nSPS) is 35.9. The molecule has 0 aromatic heterocycles. The average molecular weight is 182 g/mol. The van der Waals surface area contributed by atoms with Crippen molar-refractivity contribution in [3.8, 4) is 0 Å². The Labute approximate surface area is 65.4 Å². The van der Waals surface area contributed by atoms with Crippen molar-refractivity contribution in [1.82, 2.24) is 0 Å². The third-order valence-corrected chi connectivity index (χ3v) is 9.51. The molecule has 1 aliphatic heterocycles. The van der Waals surface area contributed by atoms with E-state index < -0.39 is 5.47 Å². The summed E-state index contributed by atoms with van der Waals surface area (Å²) in [6, 6.07) is 0. The maximum absolute atomic E-state index is 5.49. The molecule has 0 radical (unpaired) electrons. The van der Waals surface area contributed by atoms with E-state index in [1.165, 1.54) is 0 Å². The van der Waals surface area contributed by atoms with Crippen LogP contribution in [0.3, 0.4) is 0 Å². The first-order valence-corrected chi connectivity index (χ1v) is 7.42. The van der Waals surface area contributed by atoms with Crippen molar-refractivity contribution in [3.05, 3.63) is 0 Å². The Balaban J connectivity index is 2.62. The largest absolute Gasteiger partial charge is 0.340 e. The molecule has 0 spiro atoms. The fourth-order valence-electron chi connectivity index (χ4n) is 0.664. The van der Waals surface area contributed by atoms with Gasteiger partial charge in [-0.25, -0.2) is 0 Å². The number of hydrogen-bond donors (Lipinski definition) is 0. The molecule has 0 amide bonds. The Morgan fingerprint density at radius 2 is 2.33 bits per heavy atom. The van der Waals surface area contributed by atoms with Gasteiger partial charge < -0.3 is 4.52 Å². The van der Waals surface area contributed by atoms with Gasteiger partial charge in [-0.05, 0) is 0 Å². The summed E-state index contributed by atoms with van der Waals surface area (Å²) in [4.78, 5) is 0. The van der Waals surface area contributed by atoms with Gasteiger partial charge in [0.1, 0.15) is 5.47 Å². The van der Waals surface area contributed by atoms with E-state index in [0.29, 0.717) is 5.66 Å². The van der Waals surface area contributed by atoms with Gasteiger partial charge in [-0.3, -0.25) is 0 Å². The molecule has 0 aromatic carbocycles. The Kier molecular flexibility index (Phi) is 2.61. The molecule has 0 aliphatic carbocycles. The zero-order chi connectivity index (χ0) is 6.91. The molecule has 1 heterocycles. The van der Waals surface area contributed by atoms with Gasteiger partial charge in [-0.2, -0.15) is 0 Å². The molecule has 0 aromatic rings. The molecule has 1 aliphatic rings. The van der Waals surface area contributed by atoms with Crippen LogP contribution >= 0.6 is 16.8 Å². The second kappa shape index (κ2) is 2.91. The topological polar surface area (TPSA) is 9.23 Å². The molecule has 1 fully saturated rings. The molecule has 1 atom stereocenters. The number of rotatable bonds is 1. The van der Waals surface area contributed by atoms with E-state index in [1.54, 1.807) is 0 Å². The Morgan fingerprint density at radius 3 is 2.56 bits per heavy atom. The van der Waals surface area contributed by atoms with Crippen LogP contribution in [-0.4, -0.2) is 18.0 Å². The minimum absolute atomic E-state index is 0.556. The van der Waals surface area contributed by atoms with Gasteiger partial charge in [0.05, 0.1) is 6.61 Å². The van der Waals surface area contributed by atoms with E-state index in [4.69, 9.17) is 16.3 Å². The first-order chi connectivity index (χ1) is 4.15. The molecule has 54 valence electrons. The van der Waals surface area contributed by atoms with E-state index in [9.17, 15) is 0 Å². The van der Waals surface area contributed by atoms with Crippen LogP contribution in [0.4, 0.5) is 0 Å². The van der Waals surface area contributed by atoms with Crippen LogP contribution in [0.1, 0.15) is 13.8 Å². The van der Waals surface area contributed by atoms with Gasteiger partial charge in [-0.1, -0.05) is 37.0 Å². The lowest BCUT2D eigenvalue weighted by molar-refractivity contribution is 0.394. The quantitative estimate of drug-likeness (QED) is 0.576. The van der Waals surface area contributed by atoms with Crippen LogP contribution in [-0.2, 0) is 16.3 Å². The summed E-state index contributed by atoms with van der Waals surface area (Å²) in [6.07, 6.45) is 0. The highest BCUT2D eigenvalue weighted by Crippen LogP contribution is 2.66. The average Bonchev–Trinajstić information content (AvgIpc) is 2.16. The smallest absolute Gasteiger partial charge is 0.122 e. The molecular formula is C5H11OPS2. The summed E-state index contributed by atoms with van der Waals surface area (Å²) in [5, 5.41) is 0. The van der Waals surface area contributed by atoms with Crippen molar-refractivity contribution < 1.29 is 4.52 Å². The summed E-state index contributed by atoms with van der Waals surface area (Å²) >= 11 is 7.20. The van der Waals surface area contributed by atoms with E-state index >= 15 is 0 Å². The Bertz CT molecular complexity index is 136. The van der Waals surface area contributed by atoms with Crippen LogP contribution in [0, 0.1) is 0 Å². The fourth-order valence-corrected chi connectivity index (χ4v) is 5.44. The van der Waals surface area contributed by atoms with Gasteiger partial charge in [0.25, 0.3) is 0 Å². The van der Waals surface area contributed by atoms with Crippen LogP contribution in [0.5, 0.6) is 0 Å². The zero-order valence-corrected chi connectivity index (χ0v) is 8.19. The monoisotopic (exact) mass is 182 g/mol. The molecular weight excluding hydrogens is 171 g/mol. The SMILES string of the molecule is CC(C)P1(=S)OCCS1. The summed E-state index contributed by atoms with van der Waals surface area (Å²) in [5.41, 5.74) is -0.836. The lowest BCUT2D eigenvalue weighted by Crippen LogP contribution is -1.92. The lowest BCUT2D eigenvalue weighted by atomic mass is 10.6. The van der Waals surface area contributed by atoms with Gasteiger partial charge in [0, 0.05) is 11.4 Å². The summed E-state index contributed by atoms with van der Waals surface area (Å²) in [6.45, 7) is 5.18. The Morgan fingerprint density at radius 1 is 1.67 bits per heavy atom. The van der Waals surface area contributed by atoms with Crippen molar-refractivity contribution in [2.75, 3.05) is 12.4 Å². The van der Waals surface area contributed by atoms with Gasteiger partial charge in [0.15, 0.2) is 0 Å². The van der Waals surface area contributed by atoms with Crippen LogP contribution in [0.25, 0.3) is 0 Å². The lowest BCUT2D eigenvalue weighted by Gasteiger charge is -2.16. The molecule has 1 rings (SSSR count).